The first-order valence-corrected chi connectivity index (χ1v) is 7.64. The summed E-state index contributed by atoms with van der Waals surface area (Å²) in [4.78, 5) is 36.1. The van der Waals surface area contributed by atoms with Crippen LogP contribution in [0.3, 0.4) is 0 Å². The molecule has 0 bridgehead atoms. The fourth-order valence-electron chi connectivity index (χ4n) is 2.12. The normalized spacial score (nSPS) is 16.9. The first-order valence-electron chi connectivity index (χ1n) is 5.91. The highest BCUT2D eigenvalue weighted by Crippen LogP contribution is 2.25. The zero-order valence-electron chi connectivity index (χ0n) is 10.7. The average Bonchev–Trinajstić information content (AvgIpc) is 2.64. The highest BCUT2D eigenvalue weighted by molar-refractivity contribution is 7.84. The van der Waals surface area contributed by atoms with Gasteiger partial charge in [0.15, 0.2) is 0 Å². The predicted octanol–water partition coefficient (Wildman–Crippen LogP) is -0.830. The lowest BCUT2D eigenvalue weighted by Gasteiger charge is -2.26. The van der Waals surface area contributed by atoms with Crippen molar-refractivity contribution in [2.24, 2.45) is 0 Å². The zero-order chi connectivity index (χ0) is 14.9. The molecule has 7 heteroatoms. The number of amides is 2. The van der Waals surface area contributed by atoms with E-state index in [9.17, 15) is 23.7 Å². The van der Waals surface area contributed by atoms with Crippen molar-refractivity contribution >= 4 is 28.6 Å². The molecular formula is C13H12NO5S-. The quantitative estimate of drug-likeness (QED) is 0.661. The number of carboxylic acid groups (broad SMARTS) is 1. The Balaban J connectivity index is 2.32. The lowest BCUT2D eigenvalue weighted by Crippen LogP contribution is -2.51. The van der Waals surface area contributed by atoms with E-state index >= 15 is 0 Å². The second-order valence-electron chi connectivity index (χ2n) is 4.43. The zero-order valence-corrected chi connectivity index (χ0v) is 11.5. The molecule has 0 saturated carbocycles. The molecule has 1 heterocycles. The number of benzene rings is 1. The molecule has 1 aliphatic rings. The first-order chi connectivity index (χ1) is 9.43. The van der Waals surface area contributed by atoms with E-state index in [1.165, 1.54) is 18.4 Å². The lowest BCUT2D eigenvalue weighted by molar-refractivity contribution is -0.310. The number of aliphatic carboxylic acids is 1. The van der Waals surface area contributed by atoms with E-state index in [2.05, 4.69) is 0 Å². The van der Waals surface area contributed by atoms with Crippen LogP contribution in [0.2, 0.25) is 0 Å². The molecule has 0 N–H and O–H groups in total. The van der Waals surface area contributed by atoms with Crippen LogP contribution in [-0.4, -0.2) is 44.9 Å². The second-order valence-corrected chi connectivity index (χ2v) is 5.98. The topological polar surface area (TPSA) is 94.6 Å². The van der Waals surface area contributed by atoms with Crippen LogP contribution in [0.25, 0.3) is 0 Å². The molecule has 1 aliphatic heterocycles. The van der Waals surface area contributed by atoms with E-state index in [1.807, 2.05) is 0 Å². The van der Waals surface area contributed by atoms with Crippen molar-refractivity contribution in [1.82, 2.24) is 4.90 Å². The SMILES string of the molecule is C[S@](=O)CC[C@H](C(=O)[O-])N1C(=O)c2ccccc2C1=O. The third-order valence-electron chi connectivity index (χ3n) is 3.09. The highest BCUT2D eigenvalue weighted by atomic mass is 32.2. The van der Waals surface area contributed by atoms with Crippen molar-refractivity contribution in [2.75, 3.05) is 12.0 Å². The predicted molar refractivity (Wildman–Crippen MR) is 69.3 cm³/mol. The van der Waals surface area contributed by atoms with Crippen LogP contribution >= 0.6 is 0 Å². The third kappa shape index (κ3) is 2.49. The number of carbonyl (C=O) groups is 3. The van der Waals surface area contributed by atoms with E-state index in [0.29, 0.717) is 4.90 Å². The van der Waals surface area contributed by atoms with E-state index in [-0.39, 0.29) is 23.3 Å². The molecule has 6 nitrogen and oxygen atoms in total. The molecule has 20 heavy (non-hydrogen) atoms. The molecule has 1 aromatic rings. The van der Waals surface area contributed by atoms with Crippen molar-refractivity contribution in [3.8, 4) is 0 Å². The maximum Gasteiger partial charge on any atom is 0.262 e. The summed E-state index contributed by atoms with van der Waals surface area (Å²) in [5, 5.41) is 11.2. The number of carboxylic acids is 1. The van der Waals surface area contributed by atoms with Gasteiger partial charge in [-0.3, -0.25) is 18.7 Å². The van der Waals surface area contributed by atoms with Crippen LogP contribution in [0.15, 0.2) is 24.3 Å². The van der Waals surface area contributed by atoms with E-state index < -0.39 is 34.6 Å². The molecule has 0 fully saturated rings. The Kier molecular flexibility index (Phi) is 3.99. The molecule has 2 atom stereocenters. The number of carbonyl (C=O) groups excluding carboxylic acids is 3. The third-order valence-corrected chi connectivity index (χ3v) is 3.90. The standard InChI is InChI=1S/C13H13NO5S/c1-20(19)7-6-10(13(17)18)14-11(15)8-4-2-3-5-9(8)12(14)16/h2-5,10H,6-7H2,1H3,(H,17,18)/p-1/t10-,20+/m1/s1. The van der Waals surface area contributed by atoms with E-state index in [4.69, 9.17) is 0 Å². The van der Waals surface area contributed by atoms with Gasteiger partial charge in [0.05, 0.1) is 23.1 Å². The van der Waals surface area contributed by atoms with E-state index in [1.54, 1.807) is 12.1 Å². The molecule has 0 unspecified atom stereocenters. The molecule has 1 aromatic carbocycles. The van der Waals surface area contributed by atoms with Gasteiger partial charge in [-0.1, -0.05) is 12.1 Å². The number of imide groups is 1. The summed E-state index contributed by atoms with van der Waals surface area (Å²) in [5.41, 5.74) is 0.364. The minimum Gasteiger partial charge on any atom is -0.548 e. The Morgan fingerprint density at radius 1 is 1.25 bits per heavy atom. The summed E-state index contributed by atoms with van der Waals surface area (Å²) in [6.45, 7) is 0. The van der Waals surface area contributed by atoms with Gasteiger partial charge in [0.25, 0.3) is 11.8 Å². The van der Waals surface area contributed by atoms with Gasteiger partial charge >= 0.3 is 0 Å². The fraction of sp³-hybridized carbons (Fsp3) is 0.308. The van der Waals surface area contributed by atoms with Gasteiger partial charge < -0.3 is 9.90 Å². The Hall–Kier alpha value is -2.02. The number of hydrogen-bond donors (Lipinski definition) is 0. The van der Waals surface area contributed by atoms with Gasteiger partial charge in [-0.05, 0) is 18.6 Å². The maximum atomic E-state index is 12.1. The van der Waals surface area contributed by atoms with Crippen molar-refractivity contribution in [1.29, 1.82) is 0 Å². The van der Waals surface area contributed by atoms with Crippen LogP contribution in [0.4, 0.5) is 0 Å². The van der Waals surface area contributed by atoms with E-state index in [0.717, 1.165) is 0 Å². The van der Waals surface area contributed by atoms with Gasteiger partial charge in [0.2, 0.25) is 0 Å². The molecule has 0 spiro atoms. The minimum atomic E-state index is -1.52. The summed E-state index contributed by atoms with van der Waals surface area (Å²) in [5.74, 6) is -2.75. The average molecular weight is 294 g/mol. The first kappa shape index (κ1) is 14.4. The summed E-state index contributed by atoms with van der Waals surface area (Å²) >= 11 is 0. The molecule has 2 rings (SSSR count). The molecule has 106 valence electrons. The number of hydrogen-bond acceptors (Lipinski definition) is 5. The summed E-state index contributed by atoms with van der Waals surface area (Å²) in [7, 11) is -1.22. The minimum absolute atomic E-state index is 0.0754. The van der Waals surface area contributed by atoms with Gasteiger partial charge in [-0.2, -0.15) is 0 Å². The van der Waals surface area contributed by atoms with Crippen LogP contribution < -0.4 is 5.11 Å². The Morgan fingerprint density at radius 2 is 1.75 bits per heavy atom. The van der Waals surface area contributed by atoms with Crippen molar-refractivity contribution < 1.29 is 23.7 Å². The number of nitrogens with zero attached hydrogens (tertiary/aromatic N) is 1. The van der Waals surface area contributed by atoms with Crippen LogP contribution in [0.5, 0.6) is 0 Å². The van der Waals surface area contributed by atoms with Gasteiger partial charge in [-0.15, -0.1) is 0 Å². The Bertz CT molecular complexity index is 578. The smallest absolute Gasteiger partial charge is 0.262 e. The van der Waals surface area contributed by atoms with Crippen LogP contribution in [-0.2, 0) is 15.6 Å². The monoisotopic (exact) mass is 294 g/mol. The number of fused-ring (bicyclic) bond motifs is 1. The molecule has 0 aromatic heterocycles. The second kappa shape index (κ2) is 5.54. The molecule has 0 aliphatic carbocycles. The van der Waals surface area contributed by atoms with Crippen molar-refractivity contribution in [3.63, 3.8) is 0 Å². The molecular weight excluding hydrogens is 282 g/mol. The molecule has 2 amide bonds. The summed E-state index contributed by atoms with van der Waals surface area (Å²) < 4.78 is 11.1. The lowest BCUT2D eigenvalue weighted by atomic mass is 10.1. The summed E-state index contributed by atoms with van der Waals surface area (Å²) in [6, 6.07) is 4.75. The van der Waals surface area contributed by atoms with Gasteiger partial charge in [0, 0.05) is 22.8 Å². The Labute approximate surface area is 117 Å². The van der Waals surface area contributed by atoms with Gasteiger partial charge in [0.1, 0.15) is 0 Å². The number of rotatable bonds is 5. The molecule has 0 saturated heterocycles. The largest absolute Gasteiger partial charge is 0.548 e. The van der Waals surface area contributed by atoms with Crippen LogP contribution in [0.1, 0.15) is 27.1 Å². The molecule has 0 radical (unpaired) electrons. The van der Waals surface area contributed by atoms with Crippen LogP contribution in [0, 0.1) is 0 Å². The highest BCUT2D eigenvalue weighted by Gasteiger charge is 2.40. The maximum absolute atomic E-state index is 12.1. The van der Waals surface area contributed by atoms with Crippen molar-refractivity contribution in [2.45, 2.75) is 12.5 Å². The fourth-order valence-corrected chi connectivity index (χ4v) is 2.68. The Morgan fingerprint density at radius 3 is 2.15 bits per heavy atom. The van der Waals surface area contributed by atoms with Gasteiger partial charge in [-0.25, -0.2) is 0 Å². The summed E-state index contributed by atoms with van der Waals surface area (Å²) in [6.07, 6.45) is 1.34. The van der Waals surface area contributed by atoms with Crippen molar-refractivity contribution in [3.05, 3.63) is 35.4 Å².